The van der Waals surface area contributed by atoms with Gasteiger partial charge in [-0.15, -0.1) is 0 Å². The molecule has 0 aliphatic carbocycles. The molecule has 0 radical (unpaired) electrons. The van der Waals surface area contributed by atoms with Crippen molar-refractivity contribution in [3.05, 3.63) is 71.1 Å². The Labute approximate surface area is 179 Å². The van der Waals surface area contributed by atoms with Gasteiger partial charge in [-0.25, -0.2) is 4.98 Å². The number of aromatic nitrogens is 2. The van der Waals surface area contributed by atoms with Crippen molar-refractivity contribution in [2.75, 3.05) is 18.6 Å². The minimum Gasteiger partial charge on any atom is -0.354 e. The van der Waals surface area contributed by atoms with Crippen LogP contribution in [0.2, 0.25) is 5.02 Å². The summed E-state index contributed by atoms with van der Waals surface area (Å²) in [5, 5.41) is 6.08. The first-order chi connectivity index (χ1) is 14.1. The summed E-state index contributed by atoms with van der Waals surface area (Å²) in [5.41, 5.74) is 2.14. The second-order valence-electron chi connectivity index (χ2n) is 6.53. The molecular formula is C21H23ClN4O2S. The van der Waals surface area contributed by atoms with Gasteiger partial charge >= 0.3 is 0 Å². The normalized spacial score (nSPS) is 11.9. The Hall–Kier alpha value is -2.51. The van der Waals surface area contributed by atoms with E-state index in [-0.39, 0.29) is 11.8 Å². The Bertz CT molecular complexity index is 958. The number of nitrogens with one attached hydrogen (secondary N) is 2. The highest BCUT2D eigenvalue weighted by atomic mass is 35.5. The van der Waals surface area contributed by atoms with Crippen LogP contribution in [0.5, 0.6) is 0 Å². The van der Waals surface area contributed by atoms with Crippen molar-refractivity contribution in [3.63, 3.8) is 0 Å². The summed E-state index contributed by atoms with van der Waals surface area (Å²) in [4.78, 5) is 29.7. The number of benzene rings is 1. The fraction of sp³-hybridized carbons (Fsp3) is 0.286. The maximum atomic E-state index is 12.7. The number of halogens is 1. The van der Waals surface area contributed by atoms with Gasteiger partial charge in [0.1, 0.15) is 11.7 Å². The van der Waals surface area contributed by atoms with Gasteiger partial charge in [0.15, 0.2) is 0 Å². The van der Waals surface area contributed by atoms with Crippen LogP contribution in [-0.2, 0) is 11.2 Å². The molecule has 1 unspecified atom stereocenters. The van der Waals surface area contributed by atoms with Crippen molar-refractivity contribution in [1.82, 2.24) is 20.0 Å². The third-order valence-electron chi connectivity index (χ3n) is 4.45. The largest absolute Gasteiger partial charge is 0.354 e. The Morgan fingerprint density at radius 2 is 2.00 bits per heavy atom. The number of hydrogen-bond acceptors (Lipinski definition) is 4. The van der Waals surface area contributed by atoms with E-state index < -0.39 is 6.04 Å². The van der Waals surface area contributed by atoms with Gasteiger partial charge in [0.2, 0.25) is 5.91 Å². The van der Waals surface area contributed by atoms with Gasteiger partial charge in [0, 0.05) is 25.4 Å². The quantitative estimate of drug-likeness (QED) is 0.546. The summed E-state index contributed by atoms with van der Waals surface area (Å²) in [6.07, 6.45) is 7.01. The molecule has 2 heterocycles. The summed E-state index contributed by atoms with van der Waals surface area (Å²) in [5.74, 6) is 0.202. The van der Waals surface area contributed by atoms with Gasteiger partial charge in [-0.3, -0.25) is 9.59 Å². The van der Waals surface area contributed by atoms with Crippen molar-refractivity contribution in [1.29, 1.82) is 0 Å². The molecule has 152 valence electrons. The lowest BCUT2D eigenvalue weighted by Gasteiger charge is -2.18. The van der Waals surface area contributed by atoms with E-state index in [1.54, 1.807) is 36.0 Å². The van der Waals surface area contributed by atoms with Crippen LogP contribution in [0, 0.1) is 0 Å². The van der Waals surface area contributed by atoms with Gasteiger partial charge in [-0.05, 0) is 42.7 Å². The Morgan fingerprint density at radius 3 is 2.76 bits per heavy atom. The minimum absolute atomic E-state index is 0.205. The molecule has 6 nitrogen and oxygen atoms in total. The van der Waals surface area contributed by atoms with Crippen LogP contribution in [0.25, 0.3) is 5.65 Å². The van der Waals surface area contributed by atoms with Crippen LogP contribution in [0.3, 0.4) is 0 Å². The second kappa shape index (κ2) is 10.3. The summed E-state index contributed by atoms with van der Waals surface area (Å²) >= 11 is 7.72. The first-order valence-corrected chi connectivity index (χ1v) is 11.1. The van der Waals surface area contributed by atoms with Gasteiger partial charge in [0.25, 0.3) is 5.91 Å². The predicted molar refractivity (Wildman–Crippen MR) is 118 cm³/mol. The van der Waals surface area contributed by atoms with E-state index in [1.165, 1.54) is 0 Å². The zero-order valence-electron chi connectivity index (χ0n) is 16.1. The summed E-state index contributed by atoms with van der Waals surface area (Å²) in [6, 6.07) is 12.0. The smallest absolute Gasteiger partial charge is 0.253 e. The number of nitrogens with zero attached hydrogens (tertiary/aromatic N) is 2. The number of fused-ring (bicyclic) bond motifs is 1. The third-order valence-corrected chi connectivity index (χ3v) is 5.42. The summed E-state index contributed by atoms with van der Waals surface area (Å²) in [6.45, 7) is 0.445. The van der Waals surface area contributed by atoms with Crippen LogP contribution in [0.15, 0.2) is 54.9 Å². The maximum Gasteiger partial charge on any atom is 0.253 e. The molecule has 0 saturated carbocycles. The molecule has 3 rings (SSSR count). The van der Waals surface area contributed by atoms with Crippen LogP contribution in [-0.4, -0.2) is 45.8 Å². The lowest BCUT2D eigenvalue weighted by atomic mass is 10.1. The van der Waals surface area contributed by atoms with E-state index in [9.17, 15) is 9.59 Å². The van der Waals surface area contributed by atoms with Crippen molar-refractivity contribution in [2.45, 2.75) is 18.9 Å². The lowest BCUT2D eigenvalue weighted by Crippen LogP contribution is -2.47. The number of pyridine rings is 1. The van der Waals surface area contributed by atoms with E-state index in [4.69, 9.17) is 11.6 Å². The molecule has 2 amide bonds. The number of carbonyl (C=O) groups excluding carboxylic acids is 2. The molecule has 0 fully saturated rings. The molecule has 0 saturated heterocycles. The molecule has 29 heavy (non-hydrogen) atoms. The zero-order chi connectivity index (χ0) is 20.6. The molecule has 0 aliphatic rings. The zero-order valence-corrected chi connectivity index (χ0v) is 17.7. The third kappa shape index (κ3) is 5.74. The SMILES string of the molecule is CSCCC(NC(=O)c1ccccc1Cl)C(=O)NCCc1cn2ccccc2n1. The molecule has 1 aromatic carbocycles. The molecule has 0 bridgehead atoms. The van der Waals surface area contributed by atoms with Crippen LogP contribution in [0.4, 0.5) is 0 Å². The molecule has 2 aromatic heterocycles. The first-order valence-electron chi connectivity index (χ1n) is 9.33. The monoisotopic (exact) mass is 430 g/mol. The molecule has 3 aromatic rings. The molecule has 2 N–H and O–H groups in total. The molecule has 0 aliphatic heterocycles. The van der Waals surface area contributed by atoms with Crippen LogP contribution in [0.1, 0.15) is 22.5 Å². The van der Waals surface area contributed by atoms with E-state index in [0.29, 0.717) is 30.0 Å². The fourth-order valence-electron chi connectivity index (χ4n) is 2.93. The summed E-state index contributed by atoms with van der Waals surface area (Å²) < 4.78 is 1.95. The van der Waals surface area contributed by atoms with Crippen LogP contribution < -0.4 is 10.6 Å². The summed E-state index contributed by atoms with van der Waals surface area (Å²) in [7, 11) is 0. The topological polar surface area (TPSA) is 75.5 Å². The predicted octanol–water partition coefficient (Wildman–Crippen LogP) is 3.20. The van der Waals surface area contributed by atoms with Gasteiger partial charge in [-0.2, -0.15) is 11.8 Å². The van der Waals surface area contributed by atoms with Crippen molar-refractivity contribution in [2.24, 2.45) is 0 Å². The molecule has 8 heteroatoms. The highest BCUT2D eigenvalue weighted by Crippen LogP contribution is 2.15. The highest BCUT2D eigenvalue weighted by Gasteiger charge is 2.22. The van der Waals surface area contributed by atoms with Crippen LogP contribution >= 0.6 is 23.4 Å². The van der Waals surface area contributed by atoms with Gasteiger partial charge in [-0.1, -0.05) is 29.8 Å². The van der Waals surface area contributed by atoms with Crippen molar-refractivity contribution < 1.29 is 9.59 Å². The lowest BCUT2D eigenvalue weighted by molar-refractivity contribution is -0.122. The van der Waals surface area contributed by atoms with Gasteiger partial charge < -0.3 is 15.0 Å². The van der Waals surface area contributed by atoms with E-state index >= 15 is 0 Å². The van der Waals surface area contributed by atoms with E-state index in [1.807, 2.05) is 41.2 Å². The number of hydrogen-bond donors (Lipinski definition) is 2. The average molecular weight is 431 g/mol. The van der Waals surface area contributed by atoms with E-state index in [0.717, 1.165) is 17.1 Å². The highest BCUT2D eigenvalue weighted by molar-refractivity contribution is 7.98. The molecule has 0 spiro atoms. The number of carbonyl (C=O) groups is 2. The Balaban J connectivity index is 1.58. The Kier molecular flexibility index (Phi) is 7.55. The second-order valence-corrected chi connectivity index (χ2v) is 7.92. The fourth-order valence-corrected chi connectivity index (χ4v) is 3.62. The average Bonchev–Trinajstić information content (AvgIpc) is 3.14. The van der Waals surface area contributed by atoms with Gasteiger partial charge in [0.05, 0.1) is 16.3 Å². The number of imidazole rings is 1. The minimum atomic E-state index is -0.618. The van der Waals surface area contributed by atoms with Crippen molar-refractivity contribution in [3.8, 4) is 0 Å². The van der Waals surface area contributed by atoms with Crippen molar-refractivity contribution >= 4 is 40.8 Å². The maximum absolute atomic E-state index is 12.7. The number of rotatable bonds is 9. The molecule has 1 atom stereocenters. The first kappa shape index (κ1) is 21.2. The standard InChI is InChI=1S/C21H23ClN4O2S/c1-29-13-10-18(25-20(27)16-6-2-3-7-17(16)22)21(28)23-11-9-15-14-26-12-5-4-8-19(26)24-15/h2-8,12,14,18H,9-11,13H2,1H3,(H,23,28)(H,25,27). The number of amides is 2. The Morgan fingerprint density at radius 1 is 1.21 bits per heavy atom. The van der Waals surface area contributed by atoms with E-state index in [2.05, 4.69) is 15.6 Å². The molecular weight excluding hydrogens is 408 g/mol. The number of thioether (sulfide) groups is 1.